The van der Waals surface area contributed by atoms with E-state index in [4.69, 9.17) is 9.47 Å². The van der Waals surface area contributed by atoms with Crippen molar-refractivity contribution < 1.29 is 17.9 Å². The predicted octanol–water partition coefficient (Wildman–Crippen LogP) is 3.11. The van der Waals surface area contributed by atoms with E-state index in [-0.39, 0.29) is 22.2 Å². The molecule has 0 spiro atoms. The van der Waals surface area contributed by atoms with Crippen molar-refractivity contribution in [1.82, 2.24) is 19.6 Å². The first-order valence-electron chi connectivity index (χ1n) is 11.6. The van der Waals surface area contributed by atoms with Gasteiger partial charge in [-0.25, -0.2) is 18.1 Å². The lowest BCUT2D eigenvalue weighted by molar-refractivity contribution is 0.0376. The van der Waals surface area contributed by atoms with E-state index >= 15 is 0 Å². The average molecular weight is 558 g/mol. The molecule has 0 radical (unpaired) electrons. The Morgan fingerprint density at radius 1 is 1.29 bits per heavy atom. The molecule has 0 saturated carbocycles. The van der Waals surface area contributed by atoms with Crippen LogP contribution in [-0.4, -0.2) is 69.3 Å². The van der Waals surface area contributed by atoms with Crippen LogP contribution in [0.25, 0.3) is 11.4 Å². The number of halogens is 1. The summed E-state index contributed by atoms with van der Waals surface area (Å²) in [5.41, 5.74) is 0.690. The summed E-state index contributed by atoms with van der Waals surface area (Å²) in [7, 11) is -3.75. The lowest BCUT2D eigenvalue weighted by Crippen LogP contribution is -2.38. The van der Waals surface area contributed by atoms with Crippen LogP contribution in [0, 0.1) is 0 Å². The molecule has 1 aliphatic heterocycles. The highest BCUT2D eigenvalue weighted by Crippen LogP contribution is 2.32. The van der Waals surface area contributed by atoms with Crippen LogP contribution in [0.1, 0.15) is 45.2 Å². The van der Waals surface area contributed by atoms with Crippen LogP contribution in [0.15, 0.2) is 32.4 Å². The van der Waals surface area contributed by atoms with E-state index in [0.717, 1.165) is 26.1 Å². The van der Waals surface area contributed by atoms with Gasteiger partial charge in [0.25, 0.3) is 5.56 Å². The molecule has 34 heavy (non-hydrogen) atoms. The van der Waals surface area contributed by atoms with Crippen LogP contribution in [0.5, 0.6) is 5.75 Å². The normalized spacial score (nSPS) is 15.1. The van der Waals surface area contributed by atoms with Gasteiger partial charge >= 0.3 is 0 Å². The molecule has 2 N–H and O–H groups in total. The van der Waals surface area contributed by atoms with Gasteiger partial charge < -0.3 is 14.5 Å². The van der Waals surface area contributed by atoms with Gasteiger partial charge in [0.15, 0.2) is 0 Å². The van der Waals surface area contributed by atoms with Crippen molar-refractivity contribution in [3.8, 4) is 17.1 Å². The summed E-state index contributed by atoms with van der Waals surface area (Å²) in [6.45, 7) is 10.6. The molecule has 9 nitrogen and oxygen atoms in total. The zero-order valence-corrected chi connectivity index (χ0v) is 22.3. The van der Waals surface area contributed by atoms with Crippen molar-refractivity contribution in [1.29, 1.82) is 0 Å². The van der Waals surface area contributed by atoms with E-state index in [0.29, 0.717) is 54.3 Å². The molecule has 0 amide bonds. The van der Waals surface area contributed by atoms with Crippen LogP contribution in [-0.2, 0) is 14.8 Å². The van der Waals surface area contributed by atoms with E-state index in [1.165, 1.54) is 12.1 Å². The maximum absolute atomic E-state index is 13.0. The maximum atomic E-state index is 13.0. The molecule has 1 aliphatic rings. The number of ether oxygens (including phenoxy) is 2. The van der Waals surface area contributed by atoms with Gasteiger partial charge in [-0.3, -0.25) is 9.69 Å². The number of nitrogens with one attached hydrogen (secondary N) is 2. The summed E-state index contributed by atoms with van der Waals surface area (Å²) < 4.78 is 40.2. The molecule has 2 aromatic rings. The van der Waals surface area contributed by atoms with Gasteiger partial charge in [0, 0.05) is 19.6 Å². The third kappa shape index (κ3) is 6.88. The standard InChI is InChI=1S/C23H33BrN4O5S/c1-4-12-33-19-7-6-17(34(30,31)25-8-5-9-28-10-13-32-14-11-28)15-18(19)22-26-21(16(2)3)20(24)23(29)27-22/h6-7,15-16,25H,4-5,8-14H2,1-3H3,(H,26,27,29). The van der Waals surface area contributed by atoms with Crippen molar-refractivity contribution in [2.75, 3.05) is 46.0 Å². The van der Waals surface area contributed by atoms with Gasteiger partial charge in [0.05, 0.1) is 36.0 Å². The molecule has 3 rings (SSSR count). The summed E-state index contributed by atoms with van der Waals surface area (Å²) in [6, 6.07) is 4.63. The van der Waals surface area contributed by atoms with E-state index in [1.54, 1.807) is 6.07 Å². The maximum Gasteiger partial charge on any atom is 0.265 e. The topological polar surface area (TPSA) is 114 Å². The number of morpholine rings is 1. The summed E-state index contributed by atoms with van der Waals surface area (Å²) in [5, 5.41) is 0. The lowest BCUT2D eigenvalue weighted by atomic mass is 10.1. The van der Waals surface area contributed by atoms with Crippen LogP contribution in [0.2, 0.25) is 0 Å². The minimum Gasteiger partial charge on any atom is -0.493 e. The molecule has 0 bridgehead atoms. The number of aromatic amines is 1. The van der Waals surface area contributed by atoms with E-state index in [9.17, 15) is 13.2 Å². The highest BCUT2D eigenvalue weighted by Gasteiger charge is 2.21. The molecule has 1 aromatic heterocycles. The molecule has 1 saturated heterocycles. The van der Waals surface area contributed by atoms with Crippen LogP contribution >= 0.6 is 15.9 Å². The molecule has 11 heteroatoms. The predicted molar refractivity (Wildman–Crippen MR) is 135 cm³/mol. The lowest BCUT2D eigenvalue weighted by Gasteiger charge is -2.26. The summed E-state index contributed by atoms with van der Waals surface area (Å²) in [5.74, 6) is 0.733. The number of hydrogen-bond acceptors (Lipinski definition) is 7. The number of H-pyrrole nitrogens is 1. The number of sulfonamides is 1. The van der Waals surface area contributed by atoms with Gasteiger partial charge in [-0.1, -0.05) is 20.8 Å². The highest BCUT2D eigenvalue weighted by molar-refractivity contribution is 9.10. The van der Waals surface area contributed by atoms with E-state index < -0.39 is 10.0 Å². The van der Waals surface area contributed by atoms with Crippen LogP contribution in [0.3, 0.4) is 0 Å². The molecular formula is C23H33BrN4O5S. The monoisotopic (exact) mass is 556 g/mol. The Hall–Kier alpha value is -1.79. The van der Waals surface area contributed by atoms with Crippen molar-refractivity contribution in [3.05, 3.63) is 38.7 Å². The van der Waals surface area contributed by atoms with E-state index in [1.807, 2.05) is 20.8 Å². The number of nitrogens with zero attached hydrogens (tertiary/aromatic N) is 2. The first kappa shape index (κ1) is 26.8. The number of rotatable bonds is 11. The third-order valence-corrected chi connectivity index (χ3v) is 7.69. The zero-order chi connectivity index (χ0) is 24.7. The molecule has 188 valence electrons. The molecule has 1 aromatic carbocycles. The van der Waals surface area contributed by atoms with Crippen molar-refractivity contribution in [2.24, 2.45) is 0 Å². The highest BCUT2D eigenvalue weighted by atomic mass is 79.9. The second-order valence-electron chi connectivity index (χ2n) is 8.48. The van der Waals surface area contributed by atoms with Crippen molar-refractivity contribution >= 4 is 26.0 Å². The fourth-order valence-electron chi connectivity index (χ4n) is 3.60. The molecule has 0 atom stereocenters. The Bertz CT molecular complexity index is 1130. The first-order chi connectivity index (χ1) is 16.2. The summed E-state index contributed by atoms with van der Waals surface area (Å²) in [4.78, 5) is 22.2. The molecule has 2 heterocycles. The minimum absolute atomic E-state index is 0.00418. The Morgan fingerprint density at radius 3 is 2.71 bits per heavy atom. The second kappa shape index (κ2) is 12.3. The fraction of sp³-hybridized carbons (Fsp3) is 0.565. The van der Waals surface area contributed by atoms with Gasteiger partial charge in [-0.15, -0.1) is 0 Å². The Labute approximate surface area is 209 Å². The van der Waals surface area contributed by atoms with Gasteiger partial charge in [0.1, 0.15) is 16.0 Å². The Balaban J connectivity index is 1.85. The Kier molecular flexibility index (Phi) is 9.66. The quantitative estimate of drug-likeness (QED) is 0.408. The third-order valence-electron chi connectivity index (χ3n) is 5.46. The number of hydrogen-bond donors (Lipinski definition) is 2. The number of aromatic nitrogens is 2. The SMILES string of the molecule is CCCOc1ccc(S(=O)(=O)NCCCN2CCOCC2)cc1-c1nc(C(C)C)c(Br)c(=O)[nH]1. The molecule has 0 unspecified atom stereocenters. The summed E-state index contributed by atoms with van der Waals surface area (Å²) in [6.07, 6.45) is 1.48. The first-order valence-corrected chi connectivity index (χ1v) is 13.9. The fourth-order valence-corrected chi connectivity index (χ4v) is 5.35. The van der Waals surface area contributed by atoms with Crippen molar-refractivity contribution in [2.45, 2.75) is 44.4 Å². The van der Waals surface area contributed by atoms with Crippen LogP contribution in [0.4, 0.5) is 0 Å². The van der Waals surface area contributed by atoms with Crippen molar-refractivity contribution in [3.63, 3.8) is 0 Å². The van der Waals surface area contributed by atoms with E-state index in [2.05, 4.69) is 35.5 Å². The minimum atomic E-state index is -3.75. The second-order valence-corrected chi connectivity index (χ2v) is 11.0. The molecule has 0 aliphatic carbocycles. The van der Waals surface area contributed by atoms with Gasteiger partial charge in [-0.2, -0.15) is 0 Å². The largest absolute Gasteiger partial charge is 0.493 e. The number of benzene rings is 1. The molecule has 1 fully saturated rings. The average Bonchev–Trinajstić information content (AvgIpc) is 2.82. The Morgan fingerprint density at radius 2 is 2.03 bits per heavy atom. The smallest absolute Gasteiger partial charge is 0.265 e. The van der Waals surface area contributed by atoms with Crippen LogP contribution < -0.4 is 15.0 Å². The molecular weight excluding hydrogens is 524 g/mol. The zero-order valence-electron chi connectivity index (χ0n) is 19.9. The summed E-state index contributed by atoms with van der Waals surface area (Å²) >= 11 is 3.30. The van der Waals surface area contributed by atoms with Gasteiger partial charge in [0.2, 0.25) is 10.0 Å². The van der Waals surface area contributed by atoms with Gasteiger partial charge in [-0.05, 0) is 59.4 Å².